The molecular weight excluding hydrogens is 264 g/mol. The largest absolute Gasteiger partial charge is 0.483 e. The van der Waals surface area contributed by atoms with Crippen LogP contribution < -0.4 is 10.1 Å². The van der Waals surface area contributed by atoms with Crippen molar-refractivity contribution in [2.75, 3.05) is 20.7 Å². The van der Waals surface area contributed by atoms with Gasteiger partial charge < -0.3 is 15.0 Å². The van der Waals surface area contributed by atoms with Crippen LogP contribution in [0.5, 0.6) is 5.75 Å². The first kappa shape index (κ1) is 15.8. The fourth-order valence-electron chi connectivity index (χ4n) is 1.55. The predicted molar refractivity (Wildman–Crippen MR) is 77.6 cm³/mol. The lowest BCUT2D eigenvalue weighted by atomic mass is 10.2. The standard InChI is InChI=1S/C14H21ClN2O2/c1-10(2)17(4)14(18)9-19-13-6-5-12(15)7-11(13)8-16-3/h5-7,10,16H,8-9H2,1-4H3. The van der Waals surface area contributed by atoms with E-state index < -0.39 is 0 Å². The zero-order chi connectivity index (χ0) is 14.4. The highest BCUT2D eigenvalue weighted by Crippen LogP contribution is 2.22. The van der Waals surface area contributed by atoms with Crippen LogP contribution >= 0.6 is 11.6 Å². The molecule has 0 fully saturated rings. The Bertz CT molecular complexity index is 435. The lowest BCUT2D eigenvalue weighted by Crippen LogP contribution is -2.36. The normalized spacial score (nSPS) is 10.6. The van der Waals surface area contributed by atoms with Gasteiger partial charge in [-0.05, 0) is 39.1 Å². The van der Waals surface area contributed by atoms with E-state index >= 15 is 0 Å². The highest BCUT2D eigenvalue weighted by atomic mass is 35.5. The molecular formula is C14H21ClN2O2. The summed E-state index contributed by atoms with van der Waals surface area (Å²) in [6.45, 7) is 4.61. The van der Waals surface area contributed by atoms with Crippen LogP contribution in [-0.4, -0.2) is 37.6 Å². The zero-order valence-corrected chi connectivity index (χ0v) is 12.6. The van der Waals surface area contributed by atoms with Crippen molar-refractivity contribution < 1.29 is 9.53 Å². The fraction of sp³-hybridized carbons (Fsp3) is 0.500. The monoisotopic (exact) mass is 284 g/mol. The van der Waals surface area contributed by atoms with Crippen LogP contribution in [0.1, 0.15) is 19.4 Å². The van der Waals surface area contributed by atoms with Gasteiger partial charge in [-0.1, -0.05) is 11.6 Å². The third-order valence-corrected chi connectivity index (χ3v) is 3.14. The molecule has 5 heteroatoms. The molecule has 1 aromatic rings. The molecule has 106 valence electrons. The van der Waals surface area contributed by atoms with Crippen LogP contribution in [0.25, 0.3) is 0 Å². The summed E-state index contributed by atoms with van der Waals surface area (Å²) in [4.78, 5) is 13.5. The predicted octanol–water partition coefficient (Wildman–Crippen LogP) is 2.31. The number of nitrogens with one attached hydrogen (secondary N) is 1. The van der Waals surface area contributed by atoms with Crippen LogP contribution in [0.2, 0.25) is 5.02 Å². The number of nitrogens with zero attached hydrogens (tertiary/aromatic N) is 1. The van der Waals surface area contributed by atoms with E-state index in [0.29, 0.717) is 17.3 Å². The number of likely N-dealkylation sites (N-methyl/N-ethyl adjacent to an activating group) is 1. The first-order valence-electron chi connectivity index (χ1n) is 6.27. The van der Waals surface area contributed by atoms with Gasteiger partial charge in [-0.3, -0.25) is 4.79 Å². The third-order valence-electron chi connectivity index (χ3n) is 2.91. The molecule has 1 rings (SSSR count). The Morgan fingerprint density at radius 3 is 2.74 bits per heavy atom. The Balaban J connectivity index is 2.69. The van der Waals surface area contributed by atoms with Crippen LogP contribution in [0, 0.1) is 0 Å². The number of benzene rings is 1. The molecule has 0 atom stereocenters. The van der Waals surface area contributed by atoms with Gasteiger partial charge in [-0.25, -0.2) is 0 Å². The quantitative estimate of drug-likeness (QED) is 0.872. The van der Waals surface area contributed by atoms with Crippen molar-refractivity contribution in [3.8, 4) is 5.75 Å². The number of carbonyl (C=O) groups excluding carboxylic acids is 1. The maximum absolute atomic E-state index is 11.9. The van der Waals surface area contributed by atoms with E-state index in [1.54, 1.807) is 24.1 Å². The summed E-state index contributed by atoms with van der Waals surface area (Å²) >= 11 is 5.95. The summed E-state index contributed by atoms with van der Waals surface area (Å²) in [5, 5.41) is 3.70. The number of ether oxygens (including phenoxy) is 1. The average Bonchev–Trinajstić information content (AvgIpc) is 2.36. The maximum Gasteiger partial charge on any atom is 0.260 e. The summed E-state index contributed by atoms with van der Waals surface area (Å²) in [5.74, 6) is 0.643. The van der Waals surface area contributed by atoms with Gasteiger partial charge in [0, 0.05) is 30.2 Å². The molecule has 0 saturated heterocycles. The van der Waals surface area contributed by atoms with E-state index in [9.17, 15) is 4.79 Å². The van der Waals surface area contributed by atoms with Gasteiger partial charge in [0.15, 0.2) is 6.61 Å². The van der Waals surface area contributed by atoms with Crippen LogP contribution in [-0.2, 0) is 11.3 Å². The van der Waals surface area contributed by atoms with Crippen LogP contribution in [0.3, 0.4) is 0 Å². The second-order valence-electron chi connectivity index (χ2n) is 4.67. The molecule has 19 heavy (non-hydrogen) atoms. The molecule has 1 N–H and O–H groups in total. The SMILES string of the molecule is CNCc1cc(Cl)ccc1OCC(=O)N(C)C(C)C. The summed E-state index contributed by atoms with van der Waals surface area (Å²) in [6, 6.07) is 5.55. The Morgan fingerprint density at radius 1 is 1.47 bits per heavy atom. The Hall–Kier alpha value is -1.26. The number of hydrogen-bond donors (Lipinski definition) is 1. The van der Waals surface area contributed by atoms with E-state index in [0.717, 1.165) is 5.56 Å². The first-order chi connectivity index (χ1) is 8.95. The van der Waals surface area contributed by atoms with E-state index in [4.69, 9.17) is 16.3 Å². The lowest BCUT2D eigenvalue weighted by molar-refractivity contribution is -0.133. The highest BCUT2D eigenvalue weighted by Gasteiger charge is 2.13. The van der Waals surface area contributed by atoms with Gasteiger partial charge >= 0.3 is 0 Å². The van der Waals surface area contributed by atoms with Crippen molar-refractivity contribution >= 4 is 17.5 Å². The van der Waals surface area contributed by atoms with Gasteiger partial charge in [0.25, 0.3) is 5.91 Å². The first-order valence-corrected chi connectivity index (χ1v) is 6.65. The molecule has 0 aliphatic carbocycles. The van der Waals surface area contributed by atoms with Gasteiger partial charge in [-0.2, -0.15) is 0 Å². The Labute approximate surface area is 119 Å². The summed E-state index contributed by atoms with van der Waals surface area (Å²) < 4.78 is 5.59. The number of amides is 1. The minimum Gasteiger partial charge on any atom is -0.483 e. The van der Waals surface area contributed by atoms with E-state index in [2.05, 4.69) is 5.32 Å². The molecule has 1 aromatic carbocycles. The van der Waals surface area contributed by atoms with E-state index in [1.165, 1.54) is 0 Å². The van der Waals surface area contributed by atoms with E-state index in [-0.39, 0.29) is 18.6 Å². The van der Waals surface area contributed by atoms with Gasteiger partial charge in [0.05, 0.1) is 0 Å². The van der Waals surface area contributed by atoms with Crippen molar-refractivity contribution in [3.63, 3.8) is 0 Å². The van der Waals surface area contributed by atoms with Crippen LogP contribution in [0.15, 0.2) is 18.2 Å². The summed E-state index contributed by atoms with van der Waals surface area (Å²) in [7, 11) is 3.62. The second-order valence-corrected chi connectivity index (χ2v) is 5.11. The molecule has 0 unspecified atom stereocenters. The fourth-order valence-corrected chi connectivity index (χ4v) is 1.74. The minimum atomic E-state index is -0.0413. The Morgan fingerprint density at radius 2 is 2.16 bits per heavy atom. The van der Waals surface area contributed by atoms with Crippen molar-refractivity contribution in [1.82, 2.24) is 10.2 Å². The molecule has 0 spiro atoms. The second kappa shape index (κ2) is 7.36. The maximum atomic E-state index is 11.9. The van der Waals surface area contributed by atoms with Crippen molar-refractivity contribution in [3.05, 3.63) is 28.8 Å². The minimum absolute atomic E-state index is 0.0347. The van der Waals surface area contributed by atoms with Gasteiger partial charge in [-0.15, -0.1) is 0 Å². The topological polar surface area (TPSA) is 41.6 Å². The van der Waals surface area contributed by atoms with Crippen molar-refractivity contribution in [2.45, 2.75) is 26.4 Å². The molecule has 4 nitrogen and oxygen atoms in total. The summed E-state index contributed by atoms with van der Waals surface area (Å²) in [5.41, 5.74) is 0.940. The smallest absolute Gasteiger partial charge is 0.260 e. The molecule has 0 heterocycles. The van der Waals surface area contributed by atoms with Crippen molar-refractivity contribution in [1.29, 1.82) is 0 Å². The van der Waals surface area contributed by atoms with E-state index in [1.807, 2.05) is 27.0 Å². The molecule has 0 radical (unpaired) electrons. The molecule has 1 amide bonds. The molecule has 0 aliphatic heterocycles. The Kier molecular flexibility index (Phi) is 6.12. The van der Waals surface area contributed by atoms with Gasteiger partial charge in [0.2, 0.25) is 0 Å². The summed E-state index contributed by atoms with van der Waals surface area (Å²) in [6.07, 6.45) is 0. The number of carbonyl (C=O) groups is 1. The van der Waals surface area contributed by atoms with Crippen molar-refractivity contribution in [2.24, 2.45) is 0 Å². The highest BCUT2D eigenvalue weighted by molar-refractivity contribution is 6.30. The number of hydrogen-bond acceptors (Lipinski definition) is 3. The lowest BCUT2D eigenvalue weighted by Gasteiger charge is -2.21. The molecule has 0 aliphatic rings. The zero-order valence-electron chi connectivity index (χ0n) is 11.9. The average molecular weight is 285 g/mol. The third kappa shape index (κ3) is 4.73. The number of rotatable bonds is 6. The number of halogens is 1. The van der Waals surface area contributed by atoms with Gasteiger partial charge in [0.1, 0.15) is 5.75 Å². The van der Waals surface area contributed by atoms with Crippen LogP contribution in [0.4, 0.5) is 0 Å². The molecule has 0 saturated carbocycles. The molecule has 0 bridgehead atoms. The molecule has 0 aromatic heterocycles.